The zero-order valence-corrected chi connectivity index (χ0v) is 40.2. The molecule has 0 spiro atoms. The predicted molar refractivity (Wildman–Crippen MR) is 247 cm³/mol. The highest BCUT2D eigenvalue weighted by Crippen LogP contribution is 2.39. The van der Waals surface area contributed by atoms with E-state index in [0.29, 0.717) is 17.9 Å². The van der Waals surface area contributed by atoms with E-state index in [4.69, 9.17) is 9.47 Å². The van der Waals surface area contributed by atoms with E-state index < -0.39 is 12.2 Å². The molecule has 10 heteroatoms. The fourth-order valence-corrected chi connectivity index (χ4v) is 9.47. The first-order valence-electron chi connectivity index (χ1n) is 24.4. The molecule has 0 aromatic carbocycles. The maximum Gasteiger partial charge on any atom is 0.0645 e. The fraction of sp³-hybridized carbons (Fsp3) is 1.00. The van der Waals surface area contributed by atoms with Crippen molar-refractivity contribution in [2.75, 3.05) is 135 Å². The Kier molecular flexibility index (Phi) is 29.9. The Morgan fingerprint density at radius 1 is 0.500 bits per heavy atom. The van der Waals surface area contributed by atoms with Crippen molar-refractivity contribution in [2.45, 2.75) is 154 Å². The molecule has 2 aliphatic rings. The topological polar surface area (TPSA) is 78.4 Å². The predicted octanol–water partition coefficient (Wildman–Crippen LogP) is 6.88. The van der Waals surface area contributed by atoms with E-state index >= 15 is 0 Å². The van der Waals surface area contributed by atoms with Crippen LogP contribution in [-0.2, 0) is 9.47 Å². The van der Waals surface area contributed by atoms with E-state index in [2.05, 4.69) is 99.6 Å². The Hall–Kier alpha value is -0.400. The molecule has 0 aromatic rings. The molecule has 0 saturated heterocycles. The van der Waals surface area contributed by atoms with Gasteiger partial charge in [-0.2, -0.15) is 0 Å². The summed E-state index contributed by atoms with van der Waals surface area (Å²) >= 11 is 0. The summed E-state index contributed by atoms with van der Waals surface area (Å²) in [6.07, 6.45) is 19.5. The Bertz CT molecular complexity index is 921. The third-order valence-electron chi connectivity index (χ3n) is 13.1. The molecule has 2 rings (SSSR count). The zero-order chi connectivity index (χ0) is 42.7. The first-order chi connectivity index (χ1) is 27.7. The van der Waals surface area contributed by atoms with Crippen LogP contribution in [-0.4, -0.2) is 199 Å². The van der Waals surface area contributed by atoms with Gasteiger partial charge in [0.15, 0.2) is 0 Å². The van der Waals surface area contributed by atoms with Crippen molar-refractivity contribution in [1.82, 2.24) is 29.4 Å². The Morgan fingerprint density at radius 2 is 0.948 bits per heavy atom. The molecule has 0 radical (unpaired) electrons. The van der Waals surface area contributed by atoms with E-state index in [-0.39, 0.29) is 17.9 Å². The molecule has 2 fully saturated rings. The number of hydrogen-bond acceptors (Lipinski definition) is 10. The van der Waals surface area contributed by atoms with Gasteiger partial charge in [-0.25, -0.2) is 0 Å². The van der Waals surface area contributed by atoms with E-state index in [0.717, 1.165) is 130 Å². The molecule has 5 atom stereocenters. The Labute approximate surface area is 360 Å². The van der Waals surface area contributed by atoms with Crippen molar-refractivity contribution in [2.24, 2.45) is 23.7 Å². The van der Waals surface area contributed by atoms with E-state index in [1.807, 2.05) is 0 Å². The molecule has 2 N–H and O–H groups in total. The lowest BCUT2D eigenvalue weighted by atomic mass is 9.71. The second-order valence-corrected chi connectivity index (χ2v) is 20.2. The summed E-state index contributed by atoms with van der Waals surface area (Å²) in [5.74, 6) is 1.34. The van der Waals surface area contributed by atoms with Crippen molar-refractivity contribution in [3.05, 3.63) is 0 Å². The highest BCUT2D eigenvalue weighted by Gasteiger charge is 2.41. The second kappa shape index (κ2) is 32.3. The molecular formula is C48H100N6O4. The number of aliphatic hydroxyl groups excluding tert-OH is 2. The van der Waals surface area contributed by atoms with Crippen LogP contribution >= 0.6 is 0 Å². The lowest BCUT2D eigenvalue weighted by molar-refractivity contribution is -0.119. The third-order valence-corrected chi connectivity index (χ3v) is 13.1. The van der Waals surface area contributed by atoms with Crippen molar-refractivity contribution in [3.63, 3.8) is 0 Å². The van der Waals surface area contributed by atoms with Crippen LogP contribution in [0.15, 0.2) is 0 Å². The molecule has 0 amide bonds. The Morgan fingerprint density at radius 3 is 1.40 bits per heavy atom. The van der Waals surface area contributed by atoms with Crippen molar-refractivity contribution in [3.8, 4) is 0 Å². The minimum atomic E-state index is -0.483. The smallest absolute Gasteiger partial charge is 0.0645 e. The molecule has 5 unspecified atom stereocenters. The molecule has 2 aliphatic carbocycles. The molecule has 58 heavy (non-hydrogen) atoms. The fourth-order valence-electron chi connectivity index (χ4n) is 9.47. The van der Waals surface area contributed by atoms with Crippen LogP contribution in [0, 0.1) is 23.7 Å². The monoisotopic (exact) mass is 825 g/mol. The summed E-state index contributed by atoms with van der Waals surface area (Å²) in [4.78, 5) is 14.5. The molecule has 10 nitrogen and oxygen atoms in total. The minimum absolute atomic E-state index is 0.0357. The maximum atomic E-state index is 11.8. The van der Waals surface area contributed by atoms with Gasteiger partial charge in [0.05, 0.1) is 24.4 Å². The number of hydrogen-bond donors (Lipinski definition) is 2. The van der Waals surface area contributed by atoms with Crippen LogP contribution in [0.4, 0.5) is 0 Å². The summed E-state index contributed by atoms with van der Waals surface area (Å²) < 4.78 is 13.0. The largest absolute Gasteiger partial charge is 0.393 e. The number of aliphatic hydroxyl groups is 2. The van der Waals surface area contributed by atoms with Gasteiger partial charge in [-0.1, -0.05) is 20.3 Å². The van der Waals surface area contributed by atoms with Gasteiger partial charge in [-0.15, -0.1) is 0 Å². The third kappa shape index (κ3) is 25.5. The van der Waals surface area contributed by atoms with Gasteiger partial charge in [0.2, 0.25) is 0 Å². The van der Waals surface area contributed by atoms with Gasteiger partial charge in [0, 0.05) is 25.0 Å². The molecule has 0 bridgehead atoms. The van der Waals surface area contributed by atoms with Gasteiger partial charge < -0.3 is 49.1 Å². The van der Waals surface area contributed by atoms with Gasteiger partial charge in [-0.3, -0.25) is 0 Å². The molecule has 0 aromatic heterocycles. The highest BCUT2D eigenvalue weighted by molar-refractivity contribution is 4.92. The van der Waals surface area contributed by atoms with E-state index in [1.165, 1.54) is 64.6 Å². The van der Waals surface area contributed by atoms with Crippen LogP contribution in [0.1, 0.15) is 129 Å². The summed E-state index contributed by atoms with van der Waals surface area (Å²) in [6, 6.07) is 0. The quantitative estimate of drug-likeness (QED) is 0.0661. The van der Waals surface area contributed by atoms with Crippen molar-refractivity contribution in [1.29, 1.82) is 0 Å². The van der Waals surface area contributed by atoms with Gasteiger partial charge in [0.25, 0.3) is 0 Å². The Balaban J connectivity index is 1.71. The van der Waals surface area contributed by atoms with E-state index in [1.54, 1.807) is 0 Å². The maximum absolute atomic E-state index is 11.8. The first-order valence-corrected chi connectivity index (χ1v) is 24.4. The van der Waals surface area contributed by atoms with E-state index in [9.17, 15) is 10.2 Å². The van der Waals surface area contributed by atoms with Crippen LogP contribution in [0.5, 0.6) is 0 Å². The lowest BCUT2D eigenvalue weighted by Gasteiger charge is -2.42. The number of rotatable bonds is 35. The number of unbranched alkanes of at least 4 members (excludes halogenated alkanes) is 2. The molecule has 2 saturated carbocycles. The van der Waals surface area contributed by atoms with Crippen molar-refractivity contribution >= 4 is 0 Å². The summed E-state index contributed by atoms with van der Waals surface area (Å²) in [5.41, 5.74) is 0. The molecular weight excluding hydrogens is 725 g/mol. The average Bonchev–Trinajstić information content (AvgIpc) is 3.15. The average molecular weight is 825 g/mol. The number of nitrogens with zero attached hydrogens (tertiary/aromatic N) is 6. The summed E-state index contributed by atoms with van der Waals surface area (Å²) in [7, 11) is 17.3. The van der Waals surface area contributed by atoms with Crippen LogP contribution in [0.2, 0.25) is 0 Å². The zero-order valence-electron chi connectivity index (χ0n) is 40.2. The van der Waals surface area contributed by atoms with Gasteiger partial charge >= 0.3 is 0 Å². The molecule has 0 heterocycles. The normalized spacial score (nSPS) is 23.8. The number of ether oxygens (including phenoxy) is 2. The molecule has 0 aliphatic heterocycles. The highest BCUT2D eigenvalue weighted by atomic mass is 16.5. The van der Waals surface area contributed by atoms with Crippen LogP contribution < -0.4 is 0 Å². The van der Waals surface area contributed by atoms with Gasteiger partial charge in [-0.05, 0) is 243 Å². The summed E-state index contributed by atoms with van der Waals surface area (Å²) in [5, 5.41) is 23.3. The van der Waals surface area contributed by atoms with Gasteiger partial charge in [0.1, 0.15) is 0 Å². The first kappa shape index (κ1) is 53.7. The minimum Gasteiger partial charge on any atom is -0.393 e. The summed E-state index contributed by atoms with van der Waals surface area (Å²) in [6.45, 7) is 17.8. The van der Waals surface area contributed by atoms with Crippen molar-refractivity contribution < 1.29 is 19.7 Å². The second-order valence-electron chi connectivity index (χ2n) is 20.2. The standard InChI is InChI=1S/C48H100N6O4/c1-41(2)19-25-45-47(58-40-14-12-34-54(37-17-31-51(7)8)38-18-32-52(9)10)28-26-44(48(45)56)46(55)27-22-42-20-23-43(24-21-42)57-39-13-11-33-53(35-15-29-49(3)4)36-16-30-50(5)6/h41-48,55-56H,11-40H2,1-10H3. The lowest BCUT2D eigenvalue weighted by Crippen LogP contribution is -2.47. The van der Waals surface area contributed by atoms with Crippen LogP contribution in [0.25, 0.3) is 0 Å². The van der Waals surface area contributed by atoms with Crippen LogP contribution in [0.3, 0.4) is 0 Å². The SMILES string of the molecule is CC(C)CCC1C(OCCCCN(CCCN(C)C)CCCN(C)C)CCC(C(O)CCC2CCC(OCCCCN(CCCN(C)C)CCCN(C)C)CC2)C1O. The molecule has 346 valence electrons.